The van der Waals surface area contributed by atoms with Crippen LogP contribution in [0.25, 0.3) is 5.69 Å². The molecule has 0 spiro atoms. The maximum absolute atomic E-state index is 12.5. The number of hydrogen-bond donors (Lipinski definition) is 0. The Morgan fingerprint density at radius 2 is 1.61 bits per heavy atom. The Bertz CT molecular complexity index is 894. The molecule has 1 amide bonds. The fourth-order valence-electron chi connectivity index (χ4n) is 3.52. The van der Waals surface area contributed by atoms with Gasteiger partial charge in [-0.05, 0) is 42.3 Å². The average molecular weight is 302 g/mol. The monoisotopic (exact) mass is 302 g/mol. The molecule has 3 aromatic rings. The first-order valence-corrected chi connectivity index (χ1v) is 7.80. The smallest absolute Gasteiger partial charge is 0.224 e. The number of carbonyl (C=O) groups excluding carboxylic acids is 1. The number of nitrogens with zero attached hydrogens (tertiary/aromatic N) is 2. The quantitative estimate of drug-likeness (QED) is 0.660. The van der Waals surface area contributed by atoms with Crippen LogP contribution < -0.4 is 4.90 Å². The molecule has 2 aromatic carbocycles. The van der Waals surface area contributed by atoms with Crippen molar-refractivity contribution in [2.45, 2.75) is 19.9 Å². The Morgan fingerprint density at radius 1 is 0.913 bits per heavy atom. The first-order chi connectivity index (χ1) is 11.2. The van der Waals surface area contributed by atoms with E-state index in [9.17, 15) is 4.79 Å². The molecule has 0 aliphatic carbocycles. The van der Waals surface area contributed by atoms with Gasteiger partial charge in [0.05, 0.1) is 17.1 Å². The molecular formula is C20H18N2O. The number of rotatable bonds is 1. The number of hydrogen-bond acceptors (Lipinski definition) is 1. The molecule has 0 radical (unpaired) electrons. The highest BCUT2D eigenvalue weighted by molar-refractivity contribution is 5.96. The Morgan fingerprint density at radius 3 is 2.35 bits per heavy atom. The summed E-state index contributed by atoms with van der Waals surface area (Å²) in [6.45, 7) is 3.74. The second-order valence-corrected chi connectivity index (χ2v) is 5.94. The molecule has 0 saturated heterocycles. The summed E-state index contributed by atoms with van der Waals surface area (Å²) in [5.74, 6) is 0.0538. The molecule has 1 aromatic heterocycles. The van der Waals surface area contributed by atoms with E-state index in [0.29, 0.717) is 0 Å². The van der Waals surface area contributed by atoms with E-state index in [-0.39, 0.29) is 11.9 Å². The van der Waals surface area contributed by atoms with E-state index >= 15 is 0 Å². The Balaban J connectivity index is 2.03. The number of aryl methyl sites for hydroxylation is 1. The largest absolute Gasteiger partial charge is 0.316 e. The molecule has 0 fully saturated rings. The van der Waals surface area contributed by atoms with E-state index in [2.05, 4.69) is 42.0 Å². The molecule has 1 aliphatic heterocycles. The highest BCUT2D eigenvalue weighted by atomic mass is 16.2. The van der Waals surface area contributed by atoms with E-state index < -0.39 is 0 Å². The summed E-state index contributed by atoms with van der Waals surface area (Å²) in [4.78, 5) is 14.4. The van der Waals surface area contributed by atoms with Crippen molar-refractivity contribution in [1.82, 2.24) is 4.57 Å². The van der Waals surface area contributed by atoms with Crippen molar-refractivity contribution in [1.29, 1.82) is 0 Å². The van der Waals surface area contributed by atoms with Gasteiger partial charge < -0.3 is 4.57 Å². The maximum Gasteiger partial charge on any atom is 0.224 e. The van der Waals surface area contributed by atoms with Gasteiger partial charge in [0.25, 0.3) is 0 Å². The third kappa shape index (κ3) is 2.00. The van der Waals surface area contributed by atoms with Crippen LogP contribution in [0.5, 0.6) is 0 Å². The van der Waals surface area contributed by atoms with Gasteiger partial charge in [0.2, 0.25) is 5.91 Å². The molecule has 1 atom stereocenters. The van der Waals surface area contributed by atoms with E-state index in [0.717, 1.165) is 22.6 Å². The lowest BCUT2D eigenvalue weighted by Crippen LogP contribution is -2.38. The third-order valence-electron chi connectivity index (χ3n) is 4.54. The van der Waals surface area contributed by atoms with Gasteiger partial charge in [0.1, 0.15) is 6.04 Å². The maximum atomic E-state index is 12.5. The van der Waals surface area contributed by atoms with E-state index in [1.165, 1.54) is 5.56 Å². The lowest BCUT2D eigenvalue weighted by atomic mass is 9.94. The van der Waals surface area contributed by atoms with Crippen LogP contribution in [0.2, 0.25) is 0 Å². The molecule has 3 nitrogen and oxygen atoms in total. The van der Waals surface area contributed by atoms with Crippen molar-refractivity contribution in [3.8, 4) is 5.69 Å². The summed E-state index contributed by atoms with van der Waals surface area (Å²) < 4.78 is 2.19. The summed E-state index contributed by atoms with van der Waals surface area (Å²) in [6, 6.07) is 20.4. The van der Waals surface area contributed by atoms with Crippen molar-refractivity contribution < 1.29 is 4.79 Å². The average Bonchev–Trinajstić information content (AvgIpc) is 3.03. The van der Waals surface area contributed by atoms with Crippen LogP contribution in [0, 0.1) is 6.92 Å². The Labute approximate surface area is 135 Å². The second-order valence-electron chi connectivity index (χ2n) is 5.94. The van der Waals surface area contributed by atoms with Crippen molar-refractivity contribution in [3.63, 3.8) is 0 Å². The summed E-state index contributed by atoms with van der Waals surface area (Å²) >= 11 is 0. The number of carbonyl (C=O) groups is 1. The predicted octanol–water partition coefficient (Wildman–Crippen LogP) is 4.24. The molecule has 4 rings (SSSR count). The fourth-order valence-corrected chi connectivity index (χ4v) is 3.52. The lowest BCUT2D eigenvalue weighted by Gasteiger charge is -2.38. The number of para-hydroxylation sites is 2. The van der Waals surface area contributed by atoms with Gasteiger partial charge in [-0.25, -0.2) is 0 Å². The normalized spacial score (nSPS) is 15.9. The van der Waals surface area contributed by atoms with Crippen LogP contribution in [0.3, 0.4) is 0 Å². The zero-order valence-corrected chi connectivity index (χ0v) is 13.2. The van der Waals surface area contributed by atoms with E-state index in [1.807, 2.05) is 41.3 Å². The minimum atomic E-state index is -0.0985. The Hall–Kier alpha value is -2.81. The lowest BCUT2D eigenvalue weighted by molar-refractivity contribution is -0.117. The van der Waals surface area contributed by atoms with Crippen LogP contribution >= 0.6 is 0 Å². The highest BCUT2D eigenvalue weighted by Crippen LogP contribution is 2.42. The van der Waals surface area contributed by atoms with Gasteiger partial charge in [0, 0.05) is 13.1 Å². The van der Waals surface area contributed by atoms with Crippen molar-refractivity contribution in [2.24, 2.45) is 0 Å². The Kier molecular flexibility index (Phi) is 3.08. The molecule has 0 unspecified atom stereocenters. The minimum absolute atomic E-state index is 0.0538. The van der Waals surface area contributed by atoms with Gasteiger partial charge in [-0.15, -0.1) is 0 Å². The molecule has 2 heterocycles. The van der Waals surface area contributed by atoms with Crippen LogP contribution in [0.1, 0.15) is 29.8 Å². The molecule has 3 heteroatoms. The topological polar surface area (TPSA) is 25.2 Å². The fraction of sp³-hybridized carbons (Fsp3) is 0.150. The molecule has 0 N–H and O–H groups in total. The van der Waals surface area contributed by atoms with Crippen LogP contribution in [-0.2, 0) is 4.79 Å². The van der Waals surface area contributed by atoms with Gasteiger partial charge in [0.15, 0.2) is 0 Å². The SMILES string of the molecule is CC(=O)N1c2ccccc2-n2cccc2[C@@H]1c1ccccc1C. The summed E-state index contributed by atoms with van der Waals surface area (Å²) in [5, 5.41) is 0. The minimum Gasteiger partial charge on any atom is -0.316 e. The number of fused-ring (bicyclic) bond motifs is 3. The van der Waals surface area contributed by atoms with Crippen molar-refractivity contribution >= 4 is 11.6 Å². The van der Waals surface area contributed by atoms with Gasteiger partial charge in [-0.2, -0.15) is 0 Å². The third-order valence-corrected chi connectivity index (χ3v) is 4.54. The second kappa shape index (κ2) is 5.13. The van der Waals surface area contributed by atoms with Crippen molar-refractivity contribution in [2.75, 3.05) is 4.90 Å². The van der Waals surface area contributed by atoms with Gasteiger partial charge >= 0.3 is 0 Å². The molecule has 0 saturated carbocycles. The zero-order valence-electron chi connectivity index (χ0n) is 13.2. The van der Waals surface area contributed by atoms with Crippen LogP contribution in [0.4, 0.5) is 5.69 Å². The summed E-state index contributed by atoms with van der Waals surface area (Å²) in [6.07, 6.45) is 2.07. The zero-order chi connectivity index (χ0) is 16.0. The number of amides is 1. The van der Waals surface area contributed by atoms with Crippen LogP contribution in [0.15, 0.2) is 66.9 Å². The molecular weight excluding hydrogens is 284 g/mol. The standard InChI is InChI=1S/C20H18N2O/c1-14-8-3-4-9-16(14)20-19-12-7-13-21(19)17-10-5-6-11-18(17)22(20)15(2)23/h3-13,20H,1-2H3/t20-/m0/s1. The predicted molar refractivity (Wildman–Crippen MR) is 92.0 cm³/mol. The molecule has 23 heavy (non-hydrogen) atoms. The van der Waals surface area contributed by atoms with Crippen molar-refractivity contribution in [3.05, 3.63) is 83.7 Å². The highest BCUT2D eigenvalue weighted by Gasteiger charge is 2.34. The first-order valence-electron chi connectivity index (χ1n) is 7.80. The van der Waals surface area contributed by atoms with E-state index in [4.69, 9.17) is 0 Å². The summed E-state index contributed by atoms with van der Waals surface area (Å²) in [5.41, 5.74) is 5.48. The molecule has 114 valence electrons. The number of benzene rings is 2. The molecule has 0 bridgehead atoms. The van der Waals surface area contributed by atoms with Gasteiger partial charge in [-0.1, -0.05) is 36.4 Å². The number of aromatic nitrogens is 1. The summed E-state index contributed by atoms with van der Waals surface area (Å²) in [7, 11) is 0. The van der Waals surface area contributed by atoms with E-state index in [1.54, 1.807) is 6.92 Å². The van der Waals surface area contributed by atoms with Crippen LogP contribution in [-0.4, -0.2) is 10.5 Å². The number of anilines is 1. The van der Waals surface area contributed by atoms with Gasteiger partial charge in [-0.3, -0.25) is 9.69 Å². The first kappa shape index (κ1) is 13.8. The molecule has 1 aliphatic rings.